The first-order chi connectivity index (χ1) is 14.6. The van der Waals surface area contributed by atoms with Gasteiger partial charge in [0.25, 0.3) is 0 Å². The topological polar surface area (TPSA) is 84.9 Å². The number of hydrogen-bond donors (Lipinski definition) is 1. The van der Waals surface area contributed by atoms with Crippen molar-refractivity contribution in [3.8, 4) is 11.5 Å². The predicted molar refractivity (Wildman–Crippen MR) is 123 cm³/mol. The summed E-state index contributed by atoms with van der Waals surface area (Å²) in [5.74, 6) is 1.10. The molecule has 0 aromatic heterocycles. The van der Waals surface area contributed by atoms with Crippen molar-refractivity contribution in [1.29, 1.82) is 0 Å². The molecule has 7 nitrogen and oxygen atoms in total. The van der Waals surface area contributed by atoms with E-state index in [9.17, 15) is 13.2 Å². The lowest BCUT2D eigenvalue weighted by Gasteiger charge is -2.24. The third kappa shape index (κ3) is 6.37. The maximum Gasteiger partial charge on any atom is 0.241 e. The van der Waals surface area contributed by atoms with Crippen LogP contribution in [0.2, 0.25) is 0 Å². The van der Waals surface area contributed by atoms with Crippen molar-refractivity contribution in [3.05, 3.63) is 53.6 Å². The van der Waals surface area contributed by atoms with Crippen LogP contribution in [0.4, 0.5) is 5.69 Å². The highest BCUT2D eigenvalue weighted by atomic mass is 32.2. The molecule has 31 heavy (non-hydrogen) atoms. The van der Waals surface area contributed by atoms with Gasteiger partial charge in [0.05, 0.1) is 32.2 Å². The lowest BCUT2D eigenvalue weighted by molar-refractivity contribution is -0.120. The second-order valence-electron chi connectivity index (χ2n) is 7.66. The van der Waals surface area contributed by atoms with Gasteiger partial charge in [-0.25, -0.2) is 8.42 Å². The summed E-state index contributed by atoms with van der Waals surface area (Å²) in [5.41, 5.74) is 2.41. The van der Waals surface area contributed by atoms with Crippen LogP contribution in [-0.4, -0.2) is 41.3 Å². The number of nitrogens with zero attached hydrogens (tertiary/aromatic N) is 1. The Bertz CT molecular complexity index is 988. The van der Waals surface area contributed by atoms with E-state index in [4.69, 9.17) is 9.47 Å². The third-order valence-electron chi connectivity index (χ3n) is 5.09. The van der Waals surface area contributed by atoms with Crippen LogP contribution in [-0.2, 0) is 14.8 Å². The highest BCUT2D eigenvalue weighted by Gasteiger charge is 2.23. The van der Waals surface area contributed by atoms with E-state index >= 15 is 0 Å². The Labute approximate surface area is 185 Å². The van der Waals surface area contributed by atoms with Crippen molar-refractivity contribution < 1.29 is 22.7 Å². The normalized spacial score (nSPS) is 12.4. The summed E-state index contributed by atoms with van der Waals surface area (Å²) in [4.78, 5) is 12.8. The van der Waals surface area contributed by atoms with Crippen molar-refractivity contribution in [2.24, 2.45) is 0 Å². The second kappa shape index (κ2) is 10.5. The van der Waals surface area contributed by atoms with Gasteiger partial charge in [-0.3, -0.25) is 9.10 Å². The SMILES string of the molecule is CC[C@H](NC(=O)CN(c1ccc(C(C)C)cc1)S(C)(=O)=O)c1ccc(OC)c(OC)c1. The zero-order valence-corrected chi connectivity index (χ0v) is 19.8. The van der Waals surface area contributed by atoms with Crippen LogP contribution < -0.4 is 19.1 Å². The predicted octanol–water partition coefficient (Wildman–Crippen LogP) is 3.86. The molecular formula is C23H32N2O5S. The number of methoxy groups -OCH3 is 2. The summed E-state index contributed by atoms with van der Waals surface area (Å²) in [5, 5.41) is 2.93. The summed E-state index contributed by atoms with van der Waals surface area (Å²) >= 11 is 0. The van der Waals surface area contributed by atoms with Gasteiger partial charge in [0.15, 0.2) is 11.5 Å². The van der Waals surface area contributed by atoms with E-state index in [2.05, 4.69) is 19.2 Å². The first-order valence-corrected chi connectivity index (χ1v) is 12.0. The number of carbonyl (C=O) groups excluding carboxylic acids is 1. The molecule has 0 aliphatic heterocycles. The molecule has 0 unspecified atom stereocenters. The monoisotopic (exact) mass is 448 g/mol. The molecule has 0 radical (unpaired) electrons. The van der Waals surface area contributed by atoms with E-state index in [1.54, 1.807) is 32.4 Å². The van der Waals surface area contributed by atoms with E-state index in [0.717, 1.165) is 21.7 Å². The Balaban J connectivity index is 2.21. The minimum atomic E-state index is -3.64. The van der Waals surface area contributed by atoms with Gasteiger partial charge in [-0.1, -0.05) is 39.0 Å². The van der Waals surface area contributed by atoms with Crippen LogP contribution >= 0.6 is 0 Å². The fraction of sp³-hybridized carbons (Fsp3) is 0.435. The lowest BCUT2D eigenvalue weighted by atomic mass is 10.0. The smallest absolute Gasteiger partial charge is 0.241 e. The summed E-state index contributed by atoms with van der Waals surface area (Å²) < 4.78 is 36.5. The molecule has 1 atom stereocenters. The molecule has 1 amide bonds. The molecule has 170 valence electrons. The summed E-state index contributed by atoms with van der Waals surface area (Å²) in [6.45, 7) is 5.77. The van der Waals surface area contributed by atoms with Gasteiger partial charge in [-0.05, 0) is 47.7 Å². The van der Waals surface area contributed by atoms with Crippen LogP contribution in [0.25, 0.3) is 0 Å². The molecule has 1 N–H and O–H groups in total. The second-order valence-corrected chi connectivity index (χ2v) is 9.57. The molecule has 0 spiro atoms. The largest absolute Gasteiger partial charge is 0.493 e. The Kier molecular flexibility index (Phi) is 8.33. The van der Waals surface area contributed by atoms with Crippen molar-refractivity contribution in [2.45, 2.75) is 39.2 Å². The maximum atomic E-state index is 12.8. The Hall–Kier alpha value is -2.74. The standard InChI is InChI=1S/C23H32N2O5S/c1-7-20(18-10-13-21(29-4)22(14-18)30-5)24-23(26)15-25(31(6,27)28)19-11-8-17(9-12-19)16(2)3/h8-14,16,20H,7,15H2,1-6H3,(H,24,26)/t20-/m0/s1. The van der Waals surface area contributed by atoms with E-state index in [1.165, 1.54) is 0 Å². The number of sulfonamides is 1. The Morgan fingerprint density at radius 3 is 2.06 bits per heavy atom. The molecular weight excluding hydrogens is 416 g/mol. The average molecular weight is 449 g/mol. The number of hydrogen-bond acceptors (Lipinski definition) is 5. The number of anilines is 1. The fourth-order valence-corrected chi connectivity index (χ4v) is 4.14. The van der Waals surface area contributed by atoms with Crippen molar-refractivity contribution >= 4 is 21.6 Å². The minimum Gasteiger partial charge on any atom is -0.493 e. The van der Waals surface area contributed by atoms with E-state index in [0.29, 0.717) is 29.5 Å². The Morgan fingerprint density at radius 2 is 1.58 bits per heavy atom. The summed E-state index contributed by atoms with van der Waals surface area (Å²) in [6.07, 6.45) is 1.73. The number of benzene rings is 2. The van der Waals surface area contributed by atoms with Gasteiger partial charge < -0.3 is 14.8 Å². The minimum absolute atomic E-state index is 0.294. The maximum absolute atomic E-state index is 12.8. The average Bonchev–Trinajstić information content (AvgIpc) is 2.74. The molecule has 2 rings (SSSR count). The molecule has 0 saturated heterocycles. The van der Waals surface area contributed by atoms with Crippen LogP contribution in [0, 0.1) is 0 Å². The van der Waals surface area contributed by atoms with Gasteiger partial charge in [-0.15, -0.1) is 0 Å². The zero-order chi connectivity index (χ0) is 23.2. The molecule has 0 aliphatic rings. The van der Waals surface area contributed by atoms with Crippen LogP contribution in [0.1, 0.15) is 50.3 Å². The lowest BCUT2D eigenvalue weighted by Crippen LogP contribution is -2.41. The van der Waals surface area contributed by atoms with E-state index in [-0.39, 0.29) is 18.5 Å². The first-order valence-electron chi connectivity index (χ1n) is 10.2. The number of amides is 1. The quantitative estimate of drug-likeness (QED) is 0.597. The molecule has 0 fully saturated rings. The van der Waals surface area contributed by atoms with Gasteiger partial charge in [0.2, 0.25) is 15.9 Å². The van der Waals surface area contributed by atoms with Crippen LogP contribution in [0.15, 0.2) is 42.5 Å². The molecule has 2 aromatic rings. The molecule has 8 heteroatoms. The third-order valence-corrected chi connectivity index (χ3v) is 6.23. The molecule has 0 saturated carbocycles. The molecule has 2 aromatic carbocycles. The van der Waals surface area contributed by atoms with Crippen molar-refractivity contribution in [1.82, 2.24) is 5.32 Å². The van der Waals surface area contributed by atoms with Gasteiger partial charge >= 0.3 is 0 Å². The molecule has 0 bridgehead atoms. The summed E-state index contributed by atoms with van der Waals surface area (Å²) in [7, 11) is -0.526. The highest BCUT2D eigenvalue weighted by molar-refractivity contribution is 7.92. The fourth-order valence-electron chi connectivity index (χ4n) is 3.29. The van der Waals surface area contributed by atoms with Crippen LogP contribution in [0.3, 0.4) is 0 Å². The van der Waals surface area contributed by atoms with Crippen LogP contribution in [0.5, 0.6) is 11.5 Å². The molecule has 0 aliphatic carbocycles. The first kappa shape index (κ1) is 24.5. The number of rotatable bonds is 10. The Morgan fingerprint density at radius 1 is 1.00 bits per heavy atom. The number of ether oxygens (including phenoxy) is 2. The number of carbonyl (C=O) groups is 1. The van der Waals surface area contributed by atoms with Gasteiger partial charge in [0.1, 0.15) is 6.54 Å². The zero-order valence-electron chi connectivity index (χ0n) is 19.0. The van der Waals surface area contributed by atoms with Gasteiger partial charge in [0, 0.05) is 0 Å². The van der Waals surface area contributed by atoms with E-state index < -0.39 is 10.0 Å². The van der Waals surface area contributed by atoms with E-state index in [1.807, 2.05) is 31.2 Å². The van der Waals surface area contributed by atoms with Crippen molar-refractivity contribution in [3.63, 3.8) is 0 Å². The highest BCUT2D eigenvalue weighted by Crippen LogP contribution is 2.31. The van der Waals surface area contributed by atoms with Gasteiger partial charge in [-0.2, -0.15) is 0 Å². The summed E-state index contributed by atoms with van der Waals surface area (Å²) in [6, 6.07) is 12.4. The number of nitrogens with one attached hydrogen (secondary N) is 1. The van der Waals surface area contributed by atoms with Crippen molar-refractivity contribution in [2.75, 3.05) is 31.3 Å². The molecule has 0 heterocycles.